The molecule has 1 aliphatic rings. The van der Waals surface area contributed by atoms with Crippen molar-refractivity contribution in [3.63, 3.8) is 0 Å². The van der Waals surface area contributed by atoms with Gasteiger partial charge in [-0.2, -0.15) is 13.2 Å². The lowest BCUT2D eigenvalue weighted by molar-refractivity contribution is -0.162. The normalized spacial score (nSPS) is 25.6. The van der Waals surface area contributed by atoms with E-state index in [1.165, 1.54) is 7.05 Å². The van der Waals surface area contributed by atoms with Gasteiger partial charge in [0, 0.05) is 13.7 Å². The van der Waals surface area contributed by atoms with Gasteiger partial charge in [-0.3, -0.25) is 0 Å². The van der Waals surface area contributed by atoms with Crippen LogP contribution in [0.15, 0.2) is 0 Å². The van der Waals surface area contributed by atoms with Crippen molar-refractivity contribution in [1.29, 1.82) is 0 Å². The molecule has 1 saturated heterocycles. The zero-order chi connectivity index (χ0) is 12.3. The van der Waals surface area contributed by atoms with E-state index in [1.54, 1.807) is 6.92 Å². The van der Waals surface area contributed by atoms with Crippen LogP contribution in [0.1, 0.15) is 13.3 Å². The van der Waals surface area contributed by atoms with Crippen LogP contribution in [0.3, 0.4) is 0 Å². The molecule has 1 rings (SSSR count). The van der Waals surface area contributed by atoms with Gasteiger partial charge in [0.25, 0.3) is 0 Å². The van der Waals surface area contributed by atoms with E-state index in [1.807, 2.05) is 0 Å². The molecule has 0 N–H and O–H groups in total. The maximum Gasteiger partial charge on any atom is 0.422 e. The molecule has 1 amide bonds. The van der Waals surface area contributed by atoms with Gasteiger partial charge < -0.3 is 14.4 Å². The van der Waals surface area contributed by atoms with Crippen molar-refractivity contribution in [2.45, 2.75) is 31.7 Å². The molecule has 0 spiro atoms. The monoisotopic (exact) mass is 241 g/mol. The molecular weight excluding hydrogens is 227 g/mol. The number of amides is 1. The Hall–Kier alpha value is -0.980. The van der Waals surface area contributed by atoms with Crippen molar-refractivity contribution in [3.8, 4) is 0 Å². The van der Waals surface area contributed by atoms with Gasteiger partial charge in [0.2, 0.25) is 0 Å². The van der Waals surface area contributed by atoms with E-state index < -0.39 is 18.9 Å². The summed E-state index contributed by atoms with van der Waals surface area (Å²) >= 11 is 0. The number of likely N-dealkylation sites (N-methyl/N-ethyl adjacent to an activating group) is 1. The molecule has 0 bridgehead atoms. The number of ether oxygens (including phenoxy) is 2. The Kier molecular flexibility index (Phi) is 4.01. The van der Waals surface area contributed by atoms with Gasteiger partial charge in [0.1, 0.15) is 0 Å². The third-order valence-corrected chi connectivity index (χ3v) is 2.48. The Morgan fingerprint density at radius 3 is 2.62 bits per heavy atom. The molecule has 0 aromatic rings. The SMILES string of the molecule is CC1OCCC1N(C)C(=O)OCC(F)(F)F. The van der Waals surface area contributed by atoms with Crippen LogP contribution >= 0.6 is 0 Å². The summed E-state index contributed by atoms with van der Waals surface area (Å²) in [6.07, 6.45) is -5.03. The fourth-order valence-corrected chi connectivity index (χ4v) is 1.61. The molecule has 16 heavy (non-hydrogen) atoms. The van der Waals surface area contributed by atoms with Gasteiger partial charge in [-0.25, -0.2) is 4.79 Å². The summed E-state index contributed by atoms with van der Waals surface area (Å²) < 4.78 is 44.8. The number of carbonyl (C=O) groups excluding carboxylic acids is 1. The highest BCUT2D eigenvalue weighted by Gasteiger charge is 2.34. The highest BCUT2D eigenvalue weighted by molar-refractivity contribution is 5.67. The van der Waals surface area contributed by atoms with Gasteiger partial charge in [-0.1, -0.05) is 0 Å². The molecule has 0 radical (unpaired) electrons. The first kappa shape index (κ1) is 13.1. The maximum absolute atomic E-state index is 11.8. The molecule has 0 aliphatic carbocycles. The topological polar surface area (TPSA) is 38.8 Å². The van der Waals surface area contributed by atoms with Crippen molar-refractivity contribution in [1.82, 2.24) is 4.90 Å². The Labute approximate surface area is 91.3 Å². The van der Waals surface area contributed by atoms with Crippen molar-refractivity contribution in [2.75, 3.05) is 20.3 Å². The highest BCUT2D eigenvalue weighted by atomic mass is 19.4. The van der Waals surface area contributed by atoms with Gasteiger partial charge in [-0.15, -0.1) is 0 Å². The van der Waals surface area contributed by atoms with E-state index >= 15 is 0 Å². The van der Waals surface area contributed by atoms with E-state index in [2.05, 4.69) is 4.74 Å². The number of nitrogens with zero attached hydrogens (tertiary/aromatic N) is 1. The molecule has 94 valence electrons. The van der Waals surface area contributed by atoms with E-state index in [4.69, 9.17) is 4.74 Å². The lowest BCUT2D eigenvalue weighted by atomic mass is 10.1. The number of rotatable bonds is 2. The average molecular weight is 241 g/mol. The predicted molar refractivity (Wildman–Crippen MR) is 49.0 cm³/mol. The molecule has 1 heterocycles. The number of hydrogen-bond donors (Lipinski definition) is 0. The van der Waals surface area contributed by atoms with Crippen LogP contribution < -0.4 is 0 Å². The molecule has 0 aromatic carbocycles. The van der Waals surface area contributed by atoms with Crippen molar-refractivity contribution < 1.29 is 27.4 Å². The highest BCUT2D eigenvalue weighted by Crippen LogP contribution is 2.20. The molecule has 0 aromatic heterocycles. The molecule has 1 fully saturated rings. The smallest absolute Gasteiger partial charge is 0.422 e. The third-order valence-electron chi connectivity index (χ3n) is 2.48. The largest absolute Gasteiger partial charge is 0.440 e. The predicted octanol–water partition coefficient (Wildman–Crippen LogP) is 1.79. The lowest BCUT2D eigenvalue weighted by Crippen LogP contribution is -2.42. The summed E-state index contributed by atoms with van der Waals surface area (Å²) in [6.45, 7) is 0.714. The van der Waals surface area contributed by atoms with Gasteiger partial charge in [0.05, 0.1) is 12.1 Å². The van der Waals surface area contributed by atoms with E-state index in [0.717, 1.165) is 4.90 Å². The van der Waals surface area contributed by atoms with Gasteiger partial charge >= 0.3 is 12.3 Å². The zero-order valence-electron chi connectivity index (χ0n) is 9.08. The fraction of sp³-hybridized carbons (Fsp3) is 0.889. The van der Waals surface area contributed by atoms with Gasteiger partial charge in [0.15, 0.2) is 6.61 Å². The first-order chi connectivity index (χ1) is 7.31. The average Bonchev–Trinajstić information content (AvgIpc) is 2.58. The summed E-state index contributed by atoms with van der Waals surface area (Å²) in [6, 6.07) is -0.222. The maximum atomic E-state index is 11.8. The number of halogens is 3. The second kappa shape index (κ2) is 4.90. The standard InChI is InChI=1S/C9H14F3NO3/c1-6-7(3-4-15-6)13(2)8(14)16-5-9(10,11)12/h6-7H,3-5H2,1-2H3. The first-order valence-corrected chi connectivity index (χ1v) is 4.89. The van der Waals surface area contributed by atoms with Crippen LogP contribution in [0.2, 0.25) is 0 Å². The van der Waals surface area contributed by atoms with Crippen LogP contribution in [0.25, 0.3) is 0 Å². The van der Waals surface area contributed by atoms with Crippen LogP contribution in [0.4, 0.5) is 18.0 Å². The molecule has 0 saturated carbocycles. The molecule has 1 aliphatic heterocycles. The number of alkyl halides is 3. The quantitative estimate of drug-likeness (QED) is 0.739. The summed E-state index contributed by atoms with van der Waals surface area (Å²) in [4.78, 5) is 12.4. The van der Waals surface area contributed by atoms with Crippen LogP contribution in [0, 0.1) is 0 Å². The van der Waals surface area contributed by atoms with E-state index in [0.29, 0.717) is 13.0 Å². The van der Waals surface area contributed by atoms with E-state index in [-0.39, 0.29) is 12.1 Å². The Morgan fingerprint density at radius 1 is 1.56 bits per heavy atom. The molecule has 7 heteroatoms. The third kappa shape index (κ3) is 3.55. The molecule has 2 atom stereocenters. The fourth-order valence-electron chi connectivity index (χ4n) is 1.61. The minimum Gasteiger partial charge on any atom is -0.440 e. The summed E-state index contributed by atoms with van der Waals surface area (Å²) in [7, 11) is 1.41. The Balaban J connectivity index is 2.41. The van der Waals surface area contributed by atoms with E-state index in [9.17, 15) is 18.0 Å². The minimum absolute atomic E-state index is 0.177. The number of carbonyl (C=O) groups is 1. The Morgan fingerprint density at radius 2 is 2.19 bits per heavy atom. The van der Waals surface area contributed by atoms with Gasteiger partial charge in [-0.05, 0) is 13.3 Å². The van der Waals surface area contributed by atoms with Crippen molar-refractivity contribution >= 4 is 6.09 Å². The van der Waals surface area contributed by atoms with Crippen LogP contribution in [-0.4, -0.2) is 49.6 Å². The first-order valence-electron chi connectivity index (χ1n) is 4.89. The van der Waals surface area contributed by atoms with Crippen LogP contribution in [-0.2, 0) is 9.47 Å². The van der Waals surface area contributed by atoms with Crippen molar-refractivity contribution in [2.24, 2.45) is 0 Å². The molecule has 2 unspecified atom stereocenters. The Bertz CT molecular complexity index is 257. The molecular formula is C9H14F3NO3. The summed E-state index contributed by atoms with van der Waals surface area (Å²) in [5, 5.41) is 0. The summed E-state index contributed by atoms with van der Waals surface area (Å²) in [5.74, 6) is 0. The minimum atomic E-state index is -4.49. The van der Waals surface area contributed by atoms with Crippen molar-refractivity contribution in [3.05, 3.63) is 0 Å². The summed E-state index contributed by atoms with van der Waals surface area (Å²) in [5.41, 5.74) is 0. The second-order valence-corrected chi connectivity index (χ2v) is 3.71. The molecule has 4 nitrogen and oxygen atoms in total. The second-order valence-electron chi connectivity index (χ2n) is 3.71. The lowest BCUT2D eigenvalue weighted by Gasteiger charge is -2.26. The number of hydrogen-bond acceptors (Lipinski definition) is 3. The van der Waals surface area contributed by atoms with Crippen LogP contribution in [0.5, 0.6) is 0 Å². The zero-order valence-corrected chi connectivity index (χ0v) is 9.08.